The molecular formula is C18H21ClFN. The minimum Gasteiger partial charge on any atom is -0.310 e. The Bertz CT molecular complexity index is 625. The molecule has 0 heterocycles. The second-order valence-electron chi connectivity index (χ2n) is 5.42. The highest BCUT2D eigenvalue weighted by molar-refractivity contribution is 6.30. The van der Waals surface area contributed by atoms with Crippen LogP contribution in [0.4, 0.5) is 4.39 Å². The number of rotatable bonds is 5. The Hall–Kier alpha value is -1.38. The van der Waals surface area contributed by atoms with E-state index in [0.717, 1.165) is 18.5 Å². The molecule has 112 valence electrons. The van der Waals surface area contributed by atoms with Crippen LogP contribution in [0.15, 0.2) is 36.4 Å². The summed E-state index contributed by atoms with van der Waals surface area (Å²) in [5.41, 5.74) is 4.72. The van der Waals surface area contributed by atoms with E-state index in [1.54, 1.807) is 6.07 Å². The third-order valence-electron chi connectivity index (χ3n) is 3.73. The average Bonchev–Trinajstić information content (AvgIpc) is 2.45. The van der Waals surface area contributed by atoms with Gasteiger partial charge in [-0.2, -0.15) is 0 Å². The van der Waals surface area contributed by atoms with Crippen LogP contribution in [-0.2, 0) is 6.42 Å². The van der Waals surface area contributed by atoms with Gasteiger partial charge in [0.15, 0.2) is 0 Å². The molecule has 0 aliphatic heterocycles. The number of hydrogen-bond donors (Lipinski definition) is 1. The Morgan fingerprint density at radius 1 is 1.14 bits per heavy atom. The quantitative estimate of drug-likeness (QED) is 0.820. The highest BCUT2D eigenvalue weighted by atomic mass is 35.5. The van der Waals surface area contributed by atoms with Crippen molar-refractivity contribution in [3.05, 3.63) is 69.5 Å². The van der Waals surface area contributed by atoms with E-state index in [1.165, 1.54) is 22.8 Å². The summed E-state index contributed by atoms with van der Waals surface area (Å²) in [6, 6.07) is 11.6. The largest absolute Gasteiger partial charge is 0.310 e. The molecule has 0 amide bonds. The van der Waals surface area contributed by atoms with Gasteiger partial charge < -0.3 is 5.32 Å². The zero-order valence-corrected chi connectivity index (χ0v) is 13.5. The lowest BCUT2D eigenvalue weighted by molar-refractivity contribution is 0.541. The van der Waals surface area contributed by atoms with Crippen molar-refractivity contribution in [1.29, 1.82) is 0 Å². The Balaban J connectivity index is 2.30. The molecule has 1 N–H and O–H groups in total. The maximum Gasteiger partial charge on any atom is 0.142 e. The van der Waals surface area contributed by atoms with Gasteiger partial charge in [-0.25, -0.2) is 4.39 Å². The number of likely N-dealkylation sites (N-methyl/N-ethyl adjacent to an activating group) is 1. The van der Waals surface area contributed by atoms with E-state index in [4.69, 9.17) is 11.6 Å². The van der Waals surface area contributed by atoms with Crippen molar-refractivity contribution < 1.29 is 4.39 Å². The highest BCUT2D eigenvalue weighted by Crippen LogP contribution is 2.24. The van der Waals surface area contributed by atoms with Crippen molar-refractivity contribution in [3.8, 4) is 0 Å². The van der Waals surface area contributed by atoms with Gasteiger partial charge in [-0.05, 0) is 55.6 Å². The molecule has 1 unspecified atom stereocenters. The summed E-state index contributed by atoms with van der Waals surface area (Å²) in [4.78, 5) is 0. The first kappa shape index (κ1) is 16.0. The molecule has 2 rings (SSSR count). The van der Waals surface area contributed by atoms with Gasteiger partial charge in [0.05, 0.1) is 5.02 Å². The van der Waals surface area contributed by atoms with Crippen LogP contribution in [0.5, 0.6) is 0 Å². The van der Waals surface area contributed by atoms with E-state index in [-0.39, 0.29) is 16.9 Å². The first-order valence-corrected chi connectivity index (χ1v) is 7.63. The molecule has 0 radical (unpaired) electrons. The van der Waals surface area contributed by atoms with E-state index < -0.39 is 0 Å². The first-order valence-electron chi connectivity index (χ1n) is 7.25. The van der Waals surface area contributed by atoms with Crippen molar-refractivity contribution in [2.75, 3.05) is 6.54 Å². The second-order valence-corrected chi connectivity index (χ2v) is 5.83. The monoisotopic (exact) mass is 305 g/mol. The topological polar surface area (TPSA) is 12.0 Å². The first-order chi connectivity index (χ1) is 10.0. The number of hydrogen-bond acceptors (Lipinski definition) is 1. The molecular weight excluding hydrogens is 285 g/mol. The third kappa shape index (κ3) is 4.05. The van der Waals surface area contributed by atoms with Gasteiger partial charge in [0.2, 0.25) is 0 Å². The van der Waals surface area contributed by atoms with Gasteiger partial charge in [0.25, 0.3) is 0 Å². The minimum atomic E-state index is -0.363. The normalized spacial score (nSPS) is 12.4. The van der Waals surface area contributed by atoms with Crippen LogP contribution >= 0.6 is 11.6 Å². The molecule has 2 aromatic rings. The fraction of sp³-hybridized carbons (Fsp3) is 0.333. The summed E-state index contributed by atoms with van der Waals surface area (Å²) in [7, 11) is 0. The van der Waals surface area contributed by atoms with Crippen molar-refractivity contribution in [2.24, 2.45) is 0 Å². The lowest BCUT2D eigenvalue weighted by Crippen LogP contribution is -2.23. The number of benzene rings is 2. The molecule has 0 saturated carbocycles. The predicted molar refractivity (Wildman–Crippen MR) is 87.4 cm³/mol. The van der Waals surface area contributed by atoms with Crippen LogP contribution < -0.4 is 5.32 Å². The lowest BCUT2D eigenvalue weighted by Gasteiger charge is -2.20. The summed E-state index contributed by atoms with van der Waals surface area (Å²) in [5, 5.41) is 3.60. The lowest BCUT2D eigenvalue weighted by atomic mass is 9.95. The maximum atomic E-state index is 13.7. The molecule has 0 fully saturated rings. The van der Waals surface area contributed by atoms with Crippen molar-refractivity contribution >= 4 is 11.6 Å². The second kappa shape index (κ2) is 7.06. The van der Waals surface area contributed by atoms with Crippen LogP contribution in [0.1, 0.15) is 35.2 Å². The Morgan fingerprint density at radius 3 is 2.57 bits per heavy atom. The SMILES string of the molecule is CCNC(Cc1cc(C)ccc1C)c1ccc(Cl)c(F)c1. The van der Waals surface area contributed by atoms with Crippen LogP contribution in [0, 0.1) is 19.7 Å². The molecule has 21 heavy (non-hydrogen) atoms. The highest BCUT2D eigenvalue weighted by Gasteiger charge is 2.14. The Morgan fingerprint density at radius 2 is 1.90 bits per heavy atom. The van der Waals surface area contributed by atoms with Gasteiger partial charge in [-0.3, -0.25) is 0 Å². The summed E-state index contributed by atoms with van der Waals surface area (Å²) in [6.07, 6.45) is 0.836. The minimum absolute atomic E-state index is 0.0854. The molecule has 1 atom stereocenters. The Labute approximate surface area is 131 Å². The van der Waals surface area contributed by atoms with Crippen LogP contribution in [0.3, 0.4) is 0 Å². The molecule has 1 nitrogen and oxygen atoms in total. The average molecular weight is 306 g/mol. The zero-order valence-electron chi connectivity index (χ0n) is 12.7. The number of halogens is 2. The Kier molecular flexibility index (Phi) is 5.38. The van der Waals surface area contributed by atoms with Crippen molar-refractivity contribution in [2.45, 2.75) is 33.2 Å². The van der Waals surface area contributed by atoms with Gasteiger partial charge in [0.1, 0.15) is 5.82 Å². The molecule has 2 aromatic carbocycles. The van der Waals surface area contributed by atoms with Gasteiger partial charge in [0, 0.05) is 6.04 Å². The third-order valence-corrected chi connectivity index (χ3v) is 4.03. The molecule has 0 saturated heterocycles. The smallest absolute Gasteiger partial charge is 0.142 e. The van der Waals surface area contributed by atoms with Crippen LogP contribution in [0.2, 0.25) is 5.02 Å². The van der Waals surface area contributed by atoms with E-state index in [1.807, 2.05) is 6.07 Å². The van der Waals surface area contributed by atoms with Gasteiger partial charge in [-0.1, -0.05) is 48.4 Å². The van der Waals surface area contributed by atoms with Crippen molar-refractivity contribution in [1.82, 2.24) is 5.32 Å². The zero-order chi connectivity index (χ0) is 15.4. The summed E-state index contributed by atoms with van der Waals surface area (Å²) in [5.74, 6) is -0.363. The van der Waals surface area contributed by atoms with Crippen molar-refractivity contribution in [3.63, 3.8) is 0 Å². The molecule has 0 bridgehead atoms. The molecule has 0 aliphatic rings. The summed E-state index contributed by atoms with van der Waals surface area (Å²) in [6.45, 7) is 7.09. The van der Waals surface area contributed by atoms with E-state index >= 15 is 0 Å². The molecule has 0 spiro atoms. The van der Waals surface area contributed by atoms with Gasteiger partial charge in [-0.15, -0.1) is 0 Å². The predicted octanol–water partition coefficient (Wildman–Crippen LogP) is 4.99. The summed E-state index contributed by atoms with van der Waals surface area (Å²) >= 11 is 5.77. The maximum absolute atomic E-state index is 13.7. The standard InChI is InChI=1S/C18H21ClFN/c1-4-21-18(14-7-8-16(19)17(20)10-14)11-15-9-12(2)5-6-13(15)3/h5-10,18,21H,4,11H2,1-3H3. The van der Waals surface area contributed by atoms with E-state index in [0.29, 0.717) is 0 Å². The van der Waals surface area contributed by atoms with E-state index in [2.05, 4.69) is 44.3 Å². The summed E-state index contributed by atoms with van der Waals surface area (Å²) < 4.78 is 13.7. The van der Waals surface area contributed by atoms with Crippen LogP contribution in [0.25, 0.3) is 0 Å². The fourth-order valence-corrected chi connectivity index (χ4v) is 2.64. The number of nitrogens with one attached hydrogen (secondary N) is 1. The molecule has 0 aliphatic carbocycles. The van der Waals surface area contributed by atoms with Gasteiger partial charge >= 0.3 is 0 Å². The van der Waals surface area contributed by atoms with Crippen LogP contribution in [-0.4, -0.2) is 6.54 Å². The number of aryl methyl sites for hydroxylation is 2. The van der Waals surface area contributed by atoms with E-state index in [9.17, 15) is 4.39 Å². The fourth-order valence-electron chi connectivity index (χ4n) is 2.52. The molecule has 3 heteroatoms. The molecule has 0 aromatic heterocycles.